The average Bonchev–Trinajstić information content (AvgIpc) is 2.26. The van der Waals surface area contributed by atoms with Gasteiger partial charge in [0.15, 0.2) is 0 Å². The van der Waals surface area contributed by atoms with Gasteiger partial charge in [0.05, 0.1) is 0 Å². The molecule has 0 aromatic carbocycles. The number of nitrogens with one attached hydrogen (secondary N) is 1. The van der Waals surface area contributed by atoms with Gasteiger partial charge in [0.1, 0.15) is 0 Å². The highest BCUT2D eigenvalue weighted by Gasteiger charge is 2.27. The lowest BCUT2D eigenvalue weighted by Gasteiger charge is -2.36. The first-order chi connectivity index (χ1) is 7.83. The van der Waals surface area contributed by atoms with Crippen LogP contribution in [0, 0.1) is 23.2 Å². The highest BCUT2D eigenvalue weighted by Crippen LogP contribution is 2.31. The fraction of sp³-hybridized carbons (Fsp3) is 1.00. The van der Waals surface area contributed by atoms with Gasteiger partial charge in [-0.25, -0.2) is 0 Å². The maximum absolute atomic E-state index is 3.83. The van der Waals surface area contributed by atoms with Crippen LogP contribution < -0.4 is 5.32 Å². The Kier molecular flexibility index (Phi) is 5.50. The van der Waals surface area contributed by atoms with Crippen molar-refractivity contribution < 1.29 is 0 Å². The molecule has 0 saturated heterocycles. The van der Waals surface area contributed by atoms with Crippen molar-refractivity contribution in [2.24, 2.45) is 23.2 Å². The molecule has 0 spiro atoms. The molecular formula is C16H33N. The summed E-state index contributed by atoms with van der Waals surface area (Å²) in [4.78, 5) is 0. The van der Waals surface area contributed by atoms with Gasteiger partial charge >= 0.3 is 0 Å². The van der Waals surface area contributed by atoms with Crippen molar-refractivity contribution in [1.29, 1.82) is 0 Å². The van der Waals surface area contributed by atoms with Gasteiger partial charge in [0, 0.05) is 12.6 Å². The topological polar surface area (TPSA) is 12.0 Å². The molecule has 1 fully saturated rings. The summed E-state index contributed by atoms with van der Waals surface area (Å²) in [5.41, 5.74) is 0.421. The highest BCUT2D eigenvalue weighted by molar-refractivity contribution is 4.83. The van der Waals surface area contributed by atoms with Gasteiger partial charge in [-0.2, -0.15) is 0 Å². The molecule has 1 aliphatic rings. The molecule has 1 saturated carbocycles. The molecule has 1 heteroatoms. The molecule has 2 unspecified atom stereocenters. The summed E-state index contributed by atoms with van der Waals surface area (Å²) in [5, 5.41) is 3.83. The molecule has 102 valence electrons. The highest BCUT2D eigenvalue weighted by atomic mass is 14.9. The zero-order chi connectivity index (χ0) is 13.1. The van der Waals surface area contributed by atoms with Crippen molar-refractivity contribution in [2.45, 2.75) is 73.3 Å². The number of hydrogen-bond donors (Lipinski definition) is 1. The van der Waals surface area contributed by atoms with Crippen LogP contribution in [-0.4, -0.2) is 12.6 Å². The molecule has 0 aromatic heterocycles. The number of rotatable bonds is 5. The zero-order valence-corrected chi connectivity index (χ0v) is 12.8. The smallest absolute Gasteiger partial charge is 0.00700 e. The summed E-state index contributed by atoms with van der Waals surface area (Å²) in [6.45, 7) is 15.4. The Bertz CT molecular complexity index is 218. The van der Waals surface area contributed by atoms with E-state index in [1.807, 2.05) is 0 Å². The van der Waals surface area contributed by atoms with E-state index in [-0.39, 0.29) is 0 Å². The van der Waals surface area contributed by atoms with Crippen molar-refractivity contribution >= 4 is 0 Å². The lowest BCUT2D eigenvalue weighted by atomic mass is 9.78. The van der Waals surface area contributed by atoms with Gasteiger partial charge < -0.3 is 5.32 Å². The minimum Gasteiger partial charge on any atom is -0.313 e. The Balaban J connectivity index is 2.37. The van der Waals surface area contributed by atoms with Crippen LogP contribution in [0.4, 0.5) is 0 Å². The lowest BCUT2D eigenvalue weighted by molar-refractivity contribution is 0.188. The summed E-state index contributed by atoms with van der Waals surface area (Å²) >= 11 is 0. The van der Waals surface area contributed by atoms with Crippen LogP contribution in [0.3, 0.4) is 0 Å². The summed E-state index contributed by atoms with van der Waals surface area (Å²) < 4.78 is 0. The van der Waals surface area contributed by atoms with Crippen molar-refractivity contribution in [3.05, 3.63) is 0 Å². The van der Waals surface area contributed by atoms with Crippen LogP contribution in [0.5, 0.6) is 0 Å². The third kappa shape index (κ3) is 4.62. The second-order valence-corrected chi connectivity index (χ2v) is 7.39. The van der Waals surface area contributed by atoms with Crippen molar-refractivity contribution in [3.63, 3.8) is 0 Å². The molecule has 0 heterocycles. The molecule has 0 aromatic rings. The molecule has 0 amide bonds. The van der Waals surface area contributed by atoms with E-state index in [9.17, 15) is 0 Å². The average molecular weight is 239 g/mol. The van der Waals surface area contributed by atoms with E-state index >= 15 is 0 Å². The van der Waals surface area contributed by atoms with Crippen molar-refractivity contribution in [2.75, 3.05) is 6.54 Å². The summed E-state index contributed by atoms with van der Waals surface area (Å²) in [5.74, 6) is 2.56. The van der Waals surface area contributed by atoms with E-state index in [2.05, 4.69) is 46.9 Å². The Morgan fingerprint density at radius 1 is 1.12 bits per heavy atom. The van der Waals surface area contributed by atoms with E-state index in [1.54, 1.807) is 0 Å². The van der Waals surface area contributed by atoms with E-state index < -0.39 is 0 Å². The fourth-order valence-electron chi connectivity index (χ4n) is 2.63. The second-order valence-electron chi connectivity index (χ2n) is 7.39. The summed E-state index contributed by atoms with van der Waals surface area (Å²) in [7, 11) is 0. The third-order valence-electron chi connectivity index (χ3n) is 5.07. The first-order valence-electron chi connectivity index (χ1n) is 7.56. The van der Waals surface area contributed by atoms with Crippen LogP contribution in [0.25, 0.3) is 0 Å². The zero-order valence-electron chi connectivity index (χ0n) is 12.8. The quantitative estimate of drug-likeness (QED) is 0.746. The minimum absolute atomic E-state index is 0.421. The Labute approximate surface area is 109 Å². The Hall–Kier alpha value is -0.0400. The SMILES string of the molecule is CC(C)C1CCCC(NCC(C)(C)C(C)C)C1. The van der Waals surface area contributed by atoms with E-state index in [0.717, 1.165) is 23.8 Å². The molecule has 0 aliphatic heterocycles. The normalized spacial score (nSPS) is 26.8. The van der Waals surface area contributed by atoms with E-state index in [1.165, 1.54) is 32.2 Å². The molecular weight excluding hydrogens is 206 g/mol. The monoisotopic (exact) mass is 239 g/mol. The predicted molar refractivity (Wildman–Crippen MR) is 77.2 cm³/mol. The van der Waals surface area contributed by atoms with Crippen LogP contribution in [0.2, 0.25) is 0 Å². The van der Waals surface area contributed by atoms with E-state index in [4.69, 9.17) is 0 Å². The van der Waals surface area contributed by atoms with Crippen LogP contribution in [-0.2, 0) is 0 Å². The Morgan fingerprint density at radius 2 is 1.76 bits per heavy atom. The minimum atomic E-state index is 0.421. The second kappa shape index (κ2) is 6.22. The van der Waals surface area contributed by atoms with Gasteiger partial charge in [-0.3, -0.25) is 0 Å². The molecule has 2 atom stereocenters. The number of hydrogen-bond acceptors (Lipinski definition) is 1. The Morgan fingerprint density at radius 3 is 2.29 bits per heavy atom. The summed E-state index contributed by atoms with van der Waals surface area (Å²) in [6, 6.07) is 0.772. The molecule has 0 bridgehead atoms. The van der Waals surface area contributed by atoms with Crippen molar-refractivity contribution in [1.82, 2.24) is 5.32 Å². The van der Waals surface area contributed by atoms with Crippen LogP contribution in [0.1, 0.15) is 67.2 Å². The predicted octanol–water partition coefficient (Wildman–Crippen LogP) is 4.47. The molecule has 1 nitrogen and oxygen atoms in total. The molecule has 0 radical (unpaired) electrons. The third-order valence-corrected chi connectivity index (χ3v) is 5.07. The summed E-state index contributed by atoms with van der Waals surface area (Å²) in [6.07, 6.45) is 5.65. The van der Waals surface area contributed by atoms with Crippen molar-refractivity contribution in [3.8, 4) is 0 Å². The maximum Gasteiger partial charge on any atom is 0.00700 e. The molecule has 1 rings (SSSR count). The fourth-order valence-corrected chi connectivity index (χ4v) is 2.63. The van der Waals surface area contributed by atoms with Crippen LogP contribution in [0.15, 0.2) is 0 Å². The largest absolute Gasteiger partial charge is 0.313 e. The van der Waals surface area contributed by atoms with E-state index in [0.29, 0.717) is 5.41 Å². The van der Waals surface area contributed by atoms with Gasteiger partial charge in [-0.15, -0.1) is 0 Å². The van der Waals surface area contributed by atoms with Gasteiger partial charge in [-0.1, -0.05) is 54.4 Å². The van der Waals surface area contributed by atoms with Gasteiger partial charge in [0.25, 0.3) is 0 Å². The molecule has 17 heavy (non-hydrogen) atoms. The molecule has 1 N–H and O–H groups in total. The first-order valence-corrected chi connectivity index (χ1v) is 7.56. The standard InChI is InChI=1S/C16H33N/c1-12(2)14-8-7-9-15(10-14)17-11-16(5,6)13(3)4/h12-15,17H,7-11H2,1-6H3. The van der Waals surface area contributed by atoms with Gasteiger partial charge in [0.2, 0.25) is 0 Å². The first kappa shape index (κ1) is 15.0. The van der Waals surface area contributed by atoms with Crippen LogP contribution >= 0.6 is 0 Å². The van der Waals surface area contributed by atoms with Gasteiger partial charge in [-0.05, 0) is 36.0 Å². The molecule has 1 aliphatic carbocycles. The maximum atomic E-state index is 3.83. The lowest BCUT2D eigenvalue weighted by Crippen LogP contribution is -2.42.